The monoisotopic (exact) mass is 284 g/mol. The van der Waals surface area contributed by atoms with Crippen molar-refractivity contribution in [1.82, 2.24) is 9.80 Å². The summed E-state index contributed by atoms with van der Waals surface area (Å²) in [4.78, 5) is 4.58. The number of nitrogens with zero attached hydrogens (tertiary/aromatic N) is 2. The SMILES string of the molecule is CN(C)CCCCCCCCCCCCCCN(C)C. The molecule has 122 valence electrons. The largest absolute Gasteiger partial charge is 0.309 e. The Morgan fingerprint density at radius 2 is 0.550 bits per heavy atom. The standard InChI is InChI=1S/C18H40N2/c1-19(2)17-15-13-11-9-7-5-6-8-10-12-14-16-18-20(3)4/h5-18H2,1-4H3. The van der Waals surface area contributed by atoms with Crippen LogP contribution in [0.4, 0.5) is 0 Å². The van der Waals surface area contributed by atoms with E-state index in [1.165, 1.54) is 90.1 Å². The molecule has 0 aliphatic heterocycles. The lowest BCUT2D eigenvalue weighted by atomic mass is 10.1. The number of hydrogen-bond donors (Lipinski definition) is 0. The summed E-state index contributed by atoms with van der Waals surface area (Å²) in [6, 6.07) is 0. The van der Waals surface area contributed by atoms with Crippen LogP contribution in [0.1, 0.15) is 77.0 Å². The first-order valence-corrected chi connectivity index (χ1v) is 8.92. The van der Waals surface area contributed by atoms with Crippen molar-refractivity contribution in [3.63, 3.8) is 0 Å². The van der Waals surface area contributed by atoms with Crippen LogP contribution in [0, 0.1) is 0 Å². The molecule has 2 heteroatoms. The Labute approximate surface area is 128 Å². The van der Waals surface area contributed by atoms with Crippen molar-refractivity contribution in [3.8, 4) is 0 Å². The van der Waals surface area contributed by atoms with E-state index >= 15 is 0 Å². The summed E-state index contributed by atoms with van der Waals surface area (Å²) in [7, 11) is 8.67. The molecule has 0 aliphatic rings. The minimum Gasteiger partial charge on any atom is -0.309 e. The minimum atomic E-state index is 1.26. The first-order valence-electron chi connectivity index (χ1n) is 8.92. The van der Waals surface area contributed by atoms with E-state index in [0.29, 0.717) is 0 Å². The highest BCUT2D eigenvalue weighted by Gasteiger charge is 1.95. The van der Waals surface area contributed by atoms with E-state index < -0.39 is 0 Å². The predicted octanol–water partition coefficient (Wildman–Crippen LogP) is 4.79. The zero-order chi connectivity index (χ0) is 15.1. The van der Waals surface area contributed by atoms with Crippen LogP contribution in [-0.2, 0) is 0 Å². The molecular weight excluding hydrogens is 244 g/mol. The maximum Gasteiger partial charge on any atom is -0.00248 e. The average Bonchev–Trinajstić information content (AvgIpc) is 2.38. The Hall–Kier alpha value is -0.0800. The van der Waals surface area contributed by atoms with Gasteiger partial charge in [0, 0.05) is 0 Å². The van der Waals surface area contributed by atoms with Crippen LogP contribution < -0.4 is 0 Å². The molecule has 0 aromatic carbocycles. The molecule has 0 unspecified atom stereocenters. The van der Waals surface area contributed by atoms with Crippen molar-refractivity contribution in [1.29, 1.82) is 0 Å². The van der Waals surface area contributed by atoms with Crippen molar-refractivity contribution in [2.24, 2.45) is 0 Å². The Balaban J connectivity index is 2.96. The van der Waals surface area contributed by atoms with Gasteiger partial charge in [-0.15, -0.1) is 0 Å². The van der Waals surface area contributed by atoms with Crippen LogP contribution >= 0.6 is 0 Å². The number of hydrogen-bond acceptors (Lipinski definition) is 2. The molecule has 0 bridgehead atoms. The van der Waals surface area contributed by atoms with Crippen molar-refractivity contribution < 1.29 is 0 Å². The molecule has 0 saturated heterocycles. The molecule has 20 heavy (non-hydrogen) atoms. The van der Waals surface area contributed by atoms with Crippen LogP contribution in [-0.4, -0.2) is 51.1 Å². The van der Waals surface area contributed by atoms with Gasteiger partial charge in [-0.1, -0.05) is 64.2 Å². The second kappa shape index (κ2) is 15.3. The zero-order valence-electron chi connectivity index (χ0n) is 14.8. The third-order valence-electron chi connectivity index (χ3n) is 3.96. The molecule has 0 N–H and O–H groups in total. The fraction of sp³-hybridized carbons (Fsp3) is 1.00. The first kappa shape index (κ1) is 19.9. The van der Waals surface area contributed by atoms with E-state index in [2.05, 4.69) is 38.0 Å². The van der Waals surface area contributed by atoms with E-state index in [0.717, 1.165) is 0 Å². The van der Waals surface area contributed by atoms with Gasteiger partial charge in [0.25, 0.3) is 0 Å². The van der Waals surface area contributed by atoms with E-state index in [-0.39, 0.29) is 0 Å². The maximum atomic E-state index is 2.29. The highest BCUT2D eigenvalue weighted by Crippen LogP contribution is 2.12. The van der Waals surface area contributed by atoms with Gasteiger partial charge in [0.1, 0.15) is 0 Å². The van der Waals surface area contributed by atoms with Gasteiger partial charge >= 0.3 is 0 Å². The summed E-state index contributed by atoms with van der Waals surface area (Å²) in [6.45, 7) is 2.52. The second-order valence-electron chi connectivity index (χ2n) is 6.85. The van der Waals surface area contributed by atoms with Crippen molar-refractivity contribution in [2.45, 2.75) is 77.0 Å². The van der Waals surface area contributed by atoms with Crippen LogP contribution in [0.3, 0.4) is 0 Å². The molecule has 0 rings (SSSR count). The molecule has 0 aromatic heterocycles. The molecule has 0 atom stereocenters. The maximum absolute atomic E-state index is 2.29. The fourth-order valence-electron chi connectivity index (χ4n) is 2.62. The third kappa shape index (κ3) is 17.9. The Kier molecular flexibility index (Phi) is 15.3. The van der Waals surface area contributed by atoms with Crippen molar-refractivity contribution >= 4 is 0 Å². The summed E-state index contributed by atoms with van der Waals surface area (Å²) < 4.78 is 0. The molecule has 2 nitrogen and oxygen atoms in total. The summed E-state index contributed by atoms with van der Waals surface area (Å²) in [6.07, 6.45) is 17.2. The van der Waals surface area contributed by atoms with Gasteiger partial charge in [0.15, 0.2) is 0 Å². The summed E-state index contributed by atoms with van der Waals surface area (Å²) >= 11 is 0. The molecule has 0 fully saturated rings. The minimum absolute atomic E-state index is 1.26. The third-order valence-corrected chi connectivity index (χ3v) is 3.96. The van der Waals surface area contributed by atoms with E-state index in [1.54, 1.807) is 0 Å². The van der Waals surface area contributed by atoms with Crippen LogP contribution in [0.2, 0.25) is 0 Å². The molecule has 0 aromatic rings. The van der Waals surface area contributed by atoms with Gasteiger partial charge in [0.05, 0.1) is 0 Å². The van der Waals surface area contributed by atoms with Crippen LogP contribution in [0.5, 0.6) is 0 Å². The van der Waals surface area contributed by atoms with Gasteiger partial charge in [-0.05, 0) is 54.1 Å². The topological polar surface area (TPSA) is 6.48 Å². The highest BCUT2D eigenvalue weighted by atomic mass is 15.0. The van der Waals surface area contributed by atoms with Crippen LogP contribution in [0.15, 0.2) is 0 Å². The molecule has 0 radical (unpaired) electrons. The molecule has 0 amide bonds. The quantitative estimate of drug-likeness (QED) is 0.399. The lowest BCUT2D eigenvalue weighted by molar-refractivity contribution is 0.387. The van der Waals surface area contributed by atoms with E-state index in [9.17, 15) is 0 Å². The van der Waals surface area contributed by atoms with Gasteiger partial charge < -0.3 is 9.80 Å². The number of unbranched alkanes of at least 4 members (excludes halogenated alkanes) is 11. The zero-order valence-corrected chi connectivity index (χ0v) is 14.8. The molecule has 0 saturated carbocycles. The number of rotatable bonds is 15. The van der Waals surface area contributed by atoms with Gasteiger partial charge in [-0.3, -0.25) is 0 Å². The van der Waals surface area contributed by atoms with Crippen LogP contribution in [0.25, 0.3) is 0 Å². The Morgan fingerprint density at radius 1 is 0.350 bits per heavy atom. The van der Waals surface area contributed by atoms with Crippen molar-refractivity contribution in [2.75, 3.05) is 41.3 Å². The van der Waals surface area contributed by atoms with E-state index in [1.807, 2.05) is 0 Å². The highest BCUT2D eigenvalue weighted by molar-refractivity contribution is 4.51. The average molecular weight is 285 g/mol. The fourth-order valence-corrected chi connectivity index (χ4v) is 2.62. The lowest BCUT2D eigenvalue weighted by Gasteiger charge is -2.09. The molecule has 0 heterocycles. The lowest BCUT2D eigenvalue weighted by Crippen LogP contribution is -2.12. The van der Waals surface area contributed by atoms with E-state index in [4.69, 9.17) is 0 Å². The first-order chi connectivity index (χ1) is 9.63. The van der Waals surface area contributed by atoms with Gasteiger partial charge in [0.2, 0.25) is 0 Å². The van der Waals surface area contributed by atoms with Gasteiger partial charge in [-0.2, -0.15) is 0 Å². The second-order valence-corrected chi connectivity index (χ2v) is 6.85. The summed E-state index contributed by atoms with van der Waals surface area (Å²) in [5, 5.41) is 0. The normalized spacial score (nSPS) is 11.7. The Bertz CT molecular complexity index is 158. The smallest absolute Gasteiger partial charge is 0.00248 e. The molecule has 0 aliphatic carbocycles. The molecule has 0 spiro atoms. The summed E-state index contributed by atoms with van der Waals surface area (Å²) in [5.41, 5.74) is 0. The summed E-state index contributed by atoms with van der Waals surface area (Å²) in [5.74, 6) is 0. The Morgan fingerprint density at radius 3 is 0.750 bits per heavy atom. The molecular formula is C18H40N2. The van der Waals surface area contributed by atoms with Crippen molar-refractivity contribution in [3.05, 3.63) is 0 Å². The predicted molar refractivity (Wildman–Crippen MR) is 92.5 cm³/mol. The van der Waals surface area contributed by atoms with Gasteiger partial charge in [-0.25, -0.2) is 0 Å².